The predicted octanol–water partition coefficient (Wildman–Crippen LogP) is -0.447. The average molecular weight is 549 g/mol. The summed E-state index contributed by atoms with van der Waals surface area (Å²) in [6.07, 6.45) is -6.12. The van der Waals surface area contributed by atoms with Crippen LogP contribution in [0.25, 0.3) is 0 Å². The molecular weight excluding hydrogens is 504 g/mol. The first kappa shape index (κ1) is 29.0. The zero-order valence-electron chi connectivity index (χ0n) is 22.2. The van der Waals surface area contributed by atoms with E-state index in [2.05, 4.69) is 0 Å². The van der Waals surface area contributed by atoms with Crippen LogP contribution >= 0.6 is 0 Å². The van der Waals surface area contributed by atoms with Gasteiger partial charge in [-0.1, -0.05) is 13.3 Å². The molecule has 5 N–H and O–H groups in total. The second kappa shape index (κ2) is 12.2. The zero-order chi connectivity index (χ0) is 27.0. The number of ether oxygens (including phenoxy) is 7. The minimum atomic E-state index is -1.43. The highest BCUT2D eigenvalue weighted by Crippen LogP contribution is 2.41. The van der Waals surface area contributed by atoms with E-state index in [1.165, 1.54) is 0 Å². The molecule has 4 saturated heterocycles. The van der Waals surface area contributed by atoms with Gasteiger partial charge in [0.15, 0.2) is 18.4 Å². The Balaban J connectivity index is 1.34. The predicted molar refractivity (Wildman–Crippen MR) is 129 cm³/mol. The number of aliphatic hydroxyl groups is 5. The molecule has 6 unspecified atom stereocenters. The second-order valence-corrected chi connectivity index (χ2v) is 11.5. The second-order valence-electron chi connectivity index (χ2n) is 11.5. The van der Waals surface area contributed by atoms with E-state index < -0.39 is 86.0 Å². The van der Waals surface area contributed by atoms with E-state index in [4.69, 9.17) is 33.2 Å². The monoisotopic (exact) mass is 548 g/mol. The molecule has 14 atom stereocenters. The standard InChI is InChI=1S/C26H44O12/c1-13-6-5-7-15(21(13)37-24-20(31)19(30)17(28)14(2)34-24)35-25-23-22(18(29)16(12-27)36-25)38-26(9-11-33-26)8-3-4-10-32-23/h13-25,27-31H,3-12H2,1-2H3/t13-,14?,15-,16?,17-,18+,19?,20+,21?,22?,23?,24+,25-,26+/m1/s1. The number of rotatable bonds is 5. The molecule has 4 heterocycles. The van der Waals surface area contributed by atoms with Crippen LogP contribution in [-0.2, 0) is 33.2 Å². The summed E-state index contributed by atoms with van der Waals surface area (Å²) < 4.78 is 42.8. The largest absolute Gasteiger partial charge is 0.394 e. The van der Waals surface area contributed by atoms with E-state index in [-0.39, 0.29) is 5.92 Å². The van der Waals surface area contributed by atoms with Crippen LogP contribution in [0.1, 0.15) is 58.8 Å². The fourth-order valence-corrected chi connectivity index (χ4v) is 6.26. The van der Waals surface area contributed by atoms with Crippen LogP contribution in [0.4, 0.5) is 0 Å². The zero-order valence-corrected chi connectivity index (χ0v) is 22.2. The Morgan fingerprint density at radius 1 is 0.789 bits per heavy atom. The van der Waals surface area contributed by atoms with E-state index in [1.807, 2.05) is 6.92 Å². The lowest BCUT2D eigenvalue weighted by atomic mass is 9.85. The third-order valence-corrected chi connectivity index (χ3v) is 8.74. The van der Waals surface area contributed by atoms with Crippen molar-refractivity contribution in [3.05, 3.63) is 0 Å². The highest BCUT2D eigenvalue weighted by atomic mass is 16.8. The molecule has 0 bridgehead atoms. The Kier molecular flexibility index (Phi) is 9.30. The van der Waals surface area contributed by atoms with Crippen molar-refractivity contribution >= 4 is 0 Å². The molecular formula is C26H44O12. The molecule has 12 nitrogen and oxygen atoms in total. The first-order chi connectivity index (χ1) is 18.2. The first-order valence-corrected chi connectivity index (χ1v) is 14.1. The molecule has 5 rings (SSSR count). The third kappa shape index (κ3) is 5.79. The van der Waals surface area contributed by atoms with Crippen molar-refractivity contribution in [2.24, 2.45) is 5.92 Å². The number of aliphatic hydroxyl groups excluding tert-OH is 5. The minimum Gasteiger partial charge on any atom is -0.394 e. The number of hydrogen-bond donors (Lipinski definition) is 5. The molecule has 1 spiro atoms. The topological polar surface area (TPSA) is 166 Å². The van der Waals surface area contributed by atoms with E-state index >= 15 is 0 Å². The maximum atomic E-state index is 11.0. The molecule has 12 heteroatoms. The quantitative estimate of drug-likeness (QED) is 0.301. The molecule has 5 fully saturated rings. The van der Waals surface area contributed by atoms with Gasteiger partial charge in [-0.2, -0.15) is 0 Å². The first-order valence-electron chi connectivity index (χ1n) is 14.1. The van der Waals surface area contributed by atoms with Crippen molar-refractivity contribution in [3.8, 4) is 0 Å². The molecule has 0 aromatic carbocycles. The lowest BCUT2D eigenvalue weighted by molar-refractivity contribution is -0.390. The van der Waals surface area contributed by atoms with Crippen molar-refractivity contribution in [1.82, 2.24) is 0 Å². The Morgan fingerprint density at radius 2 is 1.58 bits per heavy atom. The third-order valence-electron chi connectivity index (χ3n) is 8.74. The van der Waals surface area contributed by atoms with Crippen LogP contribution in [0.15, 0.2) is 0 Å². The van der Waals surface area contributed by atoms with Gasteiger partial charge in [0.05, 0.1) is 31.5 Å². The summed E-state index contributed by atoms with van der Waals surface area (Å²) in [5.74, 6) is -0.743. The number of hydrogen-bond acceptors (Lipinski definition) is 12. The van der Waals surface area contributed by atoms with Crippen molar-refractivity contribution in [2.45, 2.75) is 138 Å². The highest BCUT2D eigenvalue weighted by molar-refractivity contribution is 4.96. The van der Waals surface area contributed by atoms with Gasteiger partial charge in [-0.15, -0.1) is 0 Å². The summed E-state index contributed by atoms with van der Waals surface area (Å²) in [6.45, 7) is 4.22. The molecule has 0 aromatic rings. The van der Waals surface area contributed by atoms with Gasteiger partial charge < -0.3 is 58.7 Å². The van der Waals surface area contributed by atoms with E-state index in [1.54, 1.807) is 6.92 Å². The Bertz CT molecular complexity index is 767. The van der Waals surface area contributed by atoms with Crippen molar-refractivity contribution in [3.63, 3.8) is 0 Å². The Hall–Kier alpha value is -0.480. The van der Waals surface area contributed by atoms with Crippen LogP contribution in [0, 0.1) is 5.92 Å². The normalized spacial score (nSPS) is 52.3. The van der Waals surface area contributed by atoms with Gasteiger partial charge in [0.1, 0.15) is 42.7 Å². The molecule has 5 aliphatic rings. The van der Waals surface area contributed by atoms with Gasteiger partial charge in [0.2, 0.25) is 0 Å². The van der Waals surface area contributed by atoms with Crippen molar-refractivity contribution in [2.75, 3.05) is 19.8 Å². The van der Waals surface area contributed by atoms with Gasteiger partial charge in [-0.25, -0.2) is 0 Å². The lowest BCUT2D eigenvalue weighted by Crippen LogP contribution is -2.65. The van der Waals surface area contributed by atoms with Gasteiger partial charge >= 0.3 is 0 Å². The van der Waals surface area contributed by atoms with Crippen LogP contribution in [0.3, 0.4) is 0 Å². The summed E-state index contributed by atoms with van der Waals surface area (Å²) in [5, 5.41) is 51.9. The van der Waals surface area contributed by atoms with Gasteiger partial charge in [-0.3, -0.25) is 0 Å². The lowest BCUT2D eigenvalue weighted by Gasteiger charge is -2.50. The molecule has 1 aliphatic carbocycles. The summed E-state index contributed by atoms with van der Waals surface area (Å²) in [5.41, 5.74) is 0. The maximum absolute atomic E-state index is 11.0. The molecule has 1 saturated carbocycles. The fraction of sp³-hybridized carbons (Fsp3) is 1.00. The summed E-state index contributed by atoms with van der Waals surface area (Å²) in [4.78, 5) is 0. The Morgan fingerprint density at radius 3 is 2.29 bits per heavy atom. The van der Waals surface area contributed by atoms with Crippen molar-refractivity contribution < 1.29 is 58.7 Å². The summed E-state index contributed by atoms with van der Waals surface area (Å²) in [7, 11) is 0. The van der Waals surface area contributed by atoms with E-state index in [9.17, 15) is 25.5 Å². The van der Waals surface area contributed by atoms with E-state index in [0.29, 0.717) is 26.1 Å². The average Bonchev–Trinajstić information content (AvgIpc) is 2.98. The molecule has 38 heavy (non-hydrogen) atoms. The van der Waals surface area contributed by atoms with Gasteiger partial charge in [-0.05, 0) is 38.5 Å². The summed E-state index contributed by atoms with van der Waals surface area (Å²) in [6, 6.07) is 0. The van der Waals surface area contributed by atoms with Crippen LogP contribution in [0.2, 0.25) is 0 Å². The van der Waals surface area contributed by atoms with Crippen LogP contribution < -0.4 is 0 Å². The van der Waals surface area contributed by atoms with Crippen LogP contribution in [-0.4, -0.2) is 125 Å². The molecule has 0 radical (unpaired) electrons. The summed E-state index contributed by atoms with van der Waals surface area (Å²) >= 11 is 0. The highest BCUT2D eigenvalue weighted by Gasteiger charge is 2.54. The molecule has 0 aromatic heterocycles. The molecule has 0 amide bonds. The SMILES string of the molecule is CC1O[C@@H](OC2[C@H](C)CCC[C@H]2O[C@@H]2OC(CO)[C@H](O)C3O[C@@]4(CCCCOC32)CCO4)[C@@H](O)C(O)[C@@H]1O. The van der Waals surface area contributed by atoms with Crippen LogP contribution in [0.5, 0.6) is 0 Å². The van der Waals surface area contributed by atoms with Gasteiger partial charge in [0, 0.05) is 19.4 Å². The molecule has 4 aliphatic heterocycles. The number of fused-ring (bicyclic) bond motifs is 1. The smallest absolute Gasteiger partial charge is 0.187 e. The van der Waals surface area contributed by atoms with E-state index in [0.717, 1.165) is 32.1 Å². The fourth-order valence-electron chi connectivity index (χ4n) is 6.26. The van der Waals surface area contributed by atoms with Crippen molar-refractivity contribution in [1.29, 1.82) is 0 Å². The maximum Gasteiger partial charge on any atom is 0.187 e. The van der Waals surface area contributed by atoms with Gasteiger partial charge in [0.25, 0.3) is 0 Å². The Labute approximate surface area is 223 Å². The molecule has 220 valence electrons. The minimum absolute atomic E-state index is 0.0341.